The molecular formula is C18H38N2. The highest BCUT2D eigenvalue weighted by atomic mass is 15.3. The van der Waals surface area contributed by atoms with E-state index in [9.17, 15) is 0 Å². The fraction of sp³-hybridized carbons (Fsp3) is 1.00. The lowest BCUT2D eigenvalue weighted by atomic mass is 9.79. The zero-order valence-electron chi connectivity index (χ0n) is 14.9. The van der Waals surface area contributed by atoms with Gasteiger partial charge in [-0.05, 0) is 51.4 Å². The van der Waals surface area contributed by atoms with Crippen LogP contribution in [0.25, 0.3) is 0 Å². The van der Waals surface area contributed by atoms with Crippen molar-refractivity contribution >= 4 is 0 Å². The lowest BCUT2D eigenvalue weighted by Crippen LogP contribution is -2.52. The van der Waals surface area contributed by atoms with Crippen LogP contribution in [0.4, 0.5) is 0 Å². The SMILES string of the molecule is CC.CC(C)C1CCC(N2CCN(C(C)C)CC2)CC1. The second-order valence-electron chi connectivity index (χ2n) is 6.98. The number of rotatable bonds is 3. The van der Waals surface area contributed by atoms with Gasteiger partial charge in [0.2, 0.25) is 0 Å². The second-order valence-corrected chi connectivity index (χ2v) is 6.98. The van der Waals surface area contributed by atoms with Crippen LogP contribution in [-0.2, 0) is 0 Å². The van der Waals surface area contributed by atoms with Crippen LogP contribution >= 0.6 is 0 Å². The molecule has 2 nitrogen and oxygen atoms in total. The highest BCUT2D eigenvalue weighted by Crippen LogP contribution is 2.32. The minimum absolute atomic E-state index is 0.726. The van der Waals surface area contributed by atoms with Crippen molar-refractivity contribution in [2.75, 3.05) is 26.2 Å². The Morgan fingerprint density at radius 1 is 0.750 bits per heavy atom. The molecule has 2 fully saturated rings. The number of nitrogens with zero attached hydrogens (tertiary/aromatic N) is 2. The molecule has 0 unspecified atom stereocenters. The van der Waals surface area contributed by atoms with Gasteiger partial charge in [-0.2, -0.15) is 0 Å². The Labute approximate surface area is 127 Å². The molecular weight excluding hydrogens is 244 g/mol. The zero-order valence-corrected chi connectivity index (χ0v) is 14.9. The van der Waals surface area contributed by atoms with Crippen molar-refractivity contribution in [2.45, 2.75) is 79.3 Å². The first-order valence-electron chi connectivity index (χ1n) is 9.06. The van der Waals surface area contributed by atoms with Crippen molar-refractivity contribution in [1.82, 2.24) is 9.80 Å². The molecule has 120 valence electrons. The molecule has 2 heteroatoms. The number of hydrogen-bond donors (Lipinski definition) is 0. The van der Waals surface area contributed by atoms with Gasteiger partial charge < -0.3 is 0 Å². The van der Waals surface area contributed by atoms with E-state index in [1.807, 2.05) is 13.8 Å². The van der Waals surface area contributed by atoms with Crippen LogP contribution in [-0.4, -0.2) is 48.1 Å². The van der Waals surface area contributed by atoms with Crippen molar-refractivity contribution in [3.05, 3.63) is 0 Å². The molecule has 2 aliphatic rings. The summed E-state index contributed by atoms with van der Waals surface area (Å²) in [5.74, 6) is 1.89. The molecule has 0 N–H and O–H groups in total. The summed E-state index contributed by atoms with van der Waals surface area (Å²) < 4.78 is 0. The summed E-state index contributed by atoms with van der Waals surface area (Å²) in [6.45, 7) is 18.6. The van der Waals surface area contributed by atoms with Crippen LogP contribution in [0.5, 0.6) is 0 Å². The topological polar surface area (TPSA) is 6.48 Å². The number of hydrogen-bond acceptors (Lipinski definition) is 2. The smallest absolute Gasteiger partial charge is 0.0113 e. The molecule has 1 saturated carbocycles. The van der Waals surface area contributed by atoms with Crippen LogP contribution in [0.1, 0.15) is 67.2 Å². The third kappa shape index (κ3) is 5.04. The van der Waals surface area contributed by atoms with Gasteiger partial charge in [0.05, 0.1) is 0 Å². The lowest BCUT2D eigenvalue weighted by Gasteiger charge is -2.43. The molecule has 1 aliphatic heterocycles. The number of piperazine rings is 1. The first-order valence-corrected chi connectivity index (χ1v) is 9.06. The summed E-state index contributed by atoms with van der Waals surface area (Å²) in [4.78, 5) is 5.39. The summed E-state index contributed by atoms with van der Waals surface area (Å²) in [6, 6.07) is 1.62. The average Bonchev–Trinajstić information content (AvgIpc) is 2.49. The molecule has 0 radical (unpaired) electrons. The molecule has 2 rings (SSSR count). The Bertz CT molecular complexity index is 208. The van der Waals surface area contributed by atoms with E-state index in [4.69, 9.17) is 0 Å². The Kier molecular flexibility index (Phi) is 8.13. The van der Waals surface area contributed by atoms with Gasteiger partial charge in [0, 0.05) is 38.3 Å². The minimum Gasteiger partial charge on any atom is -0.298 e. The molecule has 0 amide bonds. The standard InChI is InChI=1S/C16H32N2.C2H6/c1-13(2)15-5-7-16(8-6-15)18-11-9-17(10-12-18)14(3)4;1-2/h13-16H,5-12H2,1-4H3;1-2H3. The summed E-state index contributed by atoms with van der Waals surface area (Å²) >= 11 is 0. The van der Waals surface area contributed by atoms with Gasteiger partial charge in [-0.25, -0.2) is 0 Å². The van der Waals surface area contributed by atoms with Crippen molar-refractivity contribution < 1.29 is 0 Å². The van der Waals surface area contributed by atoms with E-state index in [0.717, 1.165) is 23.9 Å². The van der Waals surface area contributed by atoms with Crippen molar-refractivity contribution in [3.63, 3.8) is 0 Å². The average molecular weight is 283 g/mol. The first-order chi connectivity index (χ1) is 9.58. The maximum absolute atomic E-state index is 2.77. The fourth-order valence-corrected chi connectivity index (χ4v) is 3.75. The van der Waals surface area contributed by atoms with Crippen LogP contribution in [0.2, 0.25) is 0 Å². The van der Waals surface area contributed by atoms with E-state index < -0.39 is 0 Å². The third-order valence-electron chi connectivity index (χ3n) is 5.28. The van der Waals surface area contributed by atoms with Crippen LogP contribution in [0.15, 0.2) is 0 Å². The van der Waals surface area contributed by atoms with E-state index in [1.165, 1.54) is 51.9 Å². The van der Waals surface area contributed by atoms with E-state index in [-0.39, 0.29) is 0 Å². The molecule has 1 saturated heterocycles. The molecule has 0 atom stereocenters. The largest absolute Gasteiger partial charge is 0.298 e. The molecule has 0 aromatic heterocycles. The zero-order chi connectivity index (χ0) is 15.1. The van der Waals surface area contributed by atoms with Crippen LogP contribution in [0, 0.1) is 11.8 Å². The maximum atomic E-state index is 2.77. The summed E-state index contributed by atoms with van der Waals surface area (Å²) in [6.07, 6.45) is 5.83. The lowest BCUT2D eigenvalue weighted by molar-refractivity contribution is 0.0535. The van der Waals surface area contributed by atoms with Gasteiger partial charge in [-0.15, -0.1) is 0 Å². The van der Waals surface area contributed by atoms with Gasteiger partial charge in [0.1, 0.15) is 0 Å². The van der Waals surface area contributed by atoms with Gasteiger partial charge in [0.25, 0.3) is 0 Å². The summed E-state index contributed by atoms with van der Waals surface area (Å²) in [5.41, 5.74) is 0. The van der Waals surface area contributed by atoms with Gasteiger partial charge in [-0.1, -0.05) is 27.7 Å². The van der Waals surface area contributed by atoms with Gasteiger partial charge >= 0.3 is 0 Å². The minimum atomic E-state index is 0.726. The Morgan fingerprint density at radius 2 is 1.25 bits per heavy atom. The normalized spacial score (nSPS) is 29.4. The predicted octanol–water partition coefficient (Wildman–Crippen LogP) is 4.25. The summed E-state index contributed by atoms with van der Waals surface area (Å²) in [7, 11) is 0. The highest BCUT2D eigenvalue weighted by Gasteiger charge is 2.29. The fourth-order valence-electron chi connectivity index (χ4n) is 3.75. The van der Waals surface area contributed by atoms with Gasteiger partial charge in [-0.3, -0.25) is 9.80 Å². The Balaban J connectivity index is 0.000000956. The monoisotopic (exact) mass is 282 g/mol. The molecule has 1 aliphatic carbocycles. The Hall–Kier alpha value is -0.0800. The quantitative estimate of drug-likeness (QED) is 0.763. The predicted molar refractivity (Wildman–Crippen MR) is 90.2 cm³/mol. The third-order valence-corrected chi connectivity index (χ3v) is 5.28. The first kappa shape index (κ1) is 18.0. The molecule has 0 spiro atoms. The Morgan fingerprint density at radius 3 is 1.65 bits per heavy atom. The van der Waals surface area contributed by atoms with Crippen molar-refractivity contribution in [1.29, 1.82) is 0 Å². The van der Waals surface area contributed by atoms with E-state index in [2.05, 4.69) is 37.5 Å². The maximum Gasteiger partial charge on any atom is 0.0113 e. The second kappa shape index (κ2) is 9.04. The molecule has 20 heavy (non-hydrogen) atoms. The van der Waals surface area contributed by atoms with Crippen LogP contribution in [0.3, 0.4) is 0 Å². The van der Waals surface area contributed by atoms with Crippen molar-refractivity contribution in [2.24, 2.45) is 11.8 Å². The van der Waals surface area contributed by atoms with Crippen LogP contribution < -0.4 is 0 Å². The van der Waals surface area contributed by atoms with E-state index >= 15 is 0 Å². The van der Waals surface area contributed by atoms with Gasteiger partial charge in [0.15, 0.2) is 0 Å². The van der Waals surface area contributed by atoms with Crippen molar-refractivity contribution in [3.8, 4) is 0 Å². The van der Waals surface area contributed by atoms with E-state index in [0.29, 0.717) is 0 Å². The molecule has 1 heterocycles. The molecule has 0 aromatic carbocycles. The molecule has 0 bridgehead atoms. The highest BCUT2D eigenvalue weighted by molar-refractivity contribution is 4.84. The summed E-state index contributed by atoms with van der Waals surface area (Å²) in [5, 5.41) is 0. The molecule has 0 aromatic rings. The van der Waals surface area contributed by atoms with E-state index in [1.54, 1.807) is 0 Å².